The molecule has 250 valence electrons. The van der Waals surface area contributed by atoms with Crippen molar-refractivity contribution in [2.24, 2.45) is 0 Å². The molecule has 0 spiro atoms. The Labute approximate surface area is 306 Å². The van der Waals surface area contributed by atoms with Crippen molar-refractivity contribution < 1.29 is 33.9 Å². The number of nitrogens with zero attached hydrogens (tertiary/aromatic N) is 4. The minimum atomic E-state index is 0. The van der Waals surface area contributed by atoms with E-state index in [0.29, 0.717) is 0 Å². The molecule has 0 N–H and O–H groups in total. The Morgan fingerprint density at radius 2 is 0.780 bits per heavy atom. The van der Waals surface area contributed by atoms with Gasteiger partial charge in [0, 0.05) is 0 Å². The molecule has 0 bridgehead atoms. The third kappa shape index (κ3) is 7.09. The zero-order valence-electron chi connectivity index (χ0n) is 28.4. The molecule has 0 amide bonds. The van der Waals surface area contributed by atoms with Crippen LogP contribution in [0.1, 0.15) is 33.4 Å². The number of benzene rings is 6. The summed E-state index contributed by atoms with van der Waals surface area (Å²) in [5.74, 6) is 0. The number of fused-ring (bicyclic) bond motifs is 2. The molecule has 2 heterocycles. The van der Waals surface area contributed by atoms with Gasteiger partial charge in [-0.3, -0.25) is 0 Å². The standard InChI is InChI=1S/C44H40N4.2ClH/c1-33-11-3-5-13-39(33)29-47-31-45(41-15-7-9-17-43(41)47)27-35-19-23-37(24-20-35)38-25-21-36(22-26-38)28-46-32-48(44-18-10-8-16-42(44)46)30-40-14-6-4-12-34(40)2;;/h3-26,31-32H,27-30H2,1-2H3;2*1H/q+2;;/p-2. The lowest BCUT2D eigenvalue weighted by molar-refractivity contribution is -0.663. The van der Waals surface area contributed by atoms with Crippen LogP contribution < -0.4 is 33.9 Å². The zero-order valence-corrected chi connectivity index (χ0v) is 29.9. The Bertz CT molecular complexity index is 2200. The van der Waals surface area contributed by atoms with E-state index in [0.717, 1.165) is 26.2 Å². The van der Waals surface area contributed by atoms with Crippen molar-refractivity contribution in [3.05, 3.63) is 192 Å². The van der Waals surface area contributed by atoms with Crippen LogP contribution >= 0.6 is 0 Å². The summed E-state index contributed by atoms with van der Waals surface area (Å²) in [5.41, 5.74) is 15.4. The summed E-state index contributed by atoms with van der Waals surface area (Å²) in [6.45, 7) is 7.77. The first-order chi connectivity index (χ1) is 23.6. The molecule has 0 fully saturated rings. The number of hydrogen-bond acceptors (Lipinski definition) is 0. The number of aryl methyl sites for hydroxylation is 2. The Hall–Kier alpha value is -5.16. The molecule has 8 aromatic rings. The third-order valence-corrected chi connectivity index (χ3v) is 9.71. The van der Waals surface area contributed by atoms with Crippen LogP contribution in [-0.4, -0.2) is 9.13 Å². The van der Waals surface area contributed by atoms with Gasteiger partial charge in [-0.1, -0.05) is 121 Å². The second-order valence-electron chi connectivity index (χ2n) is 13.0. The zero-order chi connectivity index (χ0) is 32.5. The van der Waals surface area contributed by atoms with E-state index in [1.807, 2.05) is 0 Å². The SMILES string of the molecule is Cc1ccccc1Cn1c[n+](Cc2ccc(-c3ccc(C[n+]4cn(Cc5ccccc5C)c5ccccc54)cc3)cc2)c2ccccc21.[Cl-].[Cl-]. The van der Waals surface area contributed by atoms with Crippen molar-refractivity contribution in [3.63, 3.8) is 0 Å². The second-order valence-corrected chi connectivity index (χ2v) is 13.0. The maximum atomic E-state index is 2.37. The Balaban J connectivity index is 0.00000216. The van der Waals surface area contributed by atoms with E-state index in [-0.39, 0.29) is 24.8 Å². The monoisotopic (exact) mass is 694 g/mol. The van der Waals surface area contributed by atoms with Gasteiger partial charge in [0.05, 0.1) is 0 Å². The highest BCUT2D eigenvalue weighted by atomic mass is 35.5. The Morgan fingerprint density at radius 1 is 0.420 bits per heavy atom. The smallest absolute Gasteiger partial charge is 0.245 e. The van der Waals surface area contributed by atoms with Crippen LogP contribution in [0.3, 0.4) is 0 Å². The van der Waals surface area contributed by atoms with Crippen LogP contribution in [0.15, 0.2) is 158 Å². The van der Waals surface area contributed by atoms with E-state index in [9.17, 15) is 0 Å². The molecule has 0 aliphatic carbocycles. The number of para-hydroxylation sites is 4. The fourth-order valence-electron chi connectivity index (χ4n) is 6.93. The van der Waals surface area contributed by atoms with E-state index in [1.165, 1.54) is 66.6 Å². The van der Waals surface area contributed by atoms with Gasteiger partial charge in [0.15, 0.2) is 22.1 Å². The average molecular weight is 696 g/mol. The molecule has 2 aromatic heterocycles. The van der Waals surface area contributed by atoms with Crippen LogP contribution in [0.2, 0.25) is 0 Å². The molecule has 0 aliphatic rings. The molecule has 0 atom stereocenters. The lowest BCUT2D eigenvalue weighted by atomic mass is 10.0. The second kappa shape index (κ2) is 15.2. The van der Waals surface area contributed by atoms with E-state index in [1.54, 1.807) is 0 Å². The maximum absolute atomic E-state index is 2.37. The number of rotatable bonds is 9. The molecular formula is C44H40Cl2N4. The van der Waals surface area contributed by atoms with E-state index in [4.69, 9.17) is 0 Å². The summed E-state index contributed by atoms with van der Waals surface area (Å²) in [5, 5.41) is 0. The normalized spacial score (nSPS) is 11.0. The van der Waals surface area contributed by atoms with Gasteiger partial charge in [-0.2, -0.15) is 0 Å². The highest BCUT2D eigenvalue weighted by Crippen LogP contribution is 2.22. The largest absolute Gasteiger partial charge is 1.00 e. The molecule has 4 nitrogen and oxygen atoms in total. The van der Waals surface area contributed by atoms with Crippen molar-refractivity contribution in [3.8, 4) is 11.1 Å². The minimum absolute atomic E-state index is 0. The van der Waals surface area contributed by atoms with Gasteiger partial charge in [-0.25, -0.2) is 18.3 Å². The molecule has 50 heavy (non-hydrogen) atoms. The van der Waals surface area contributed by atoms with Crippen LogP contribution in [0, 0.1) is 13.8 Å². The number of imidazole rings is 2. The van der Waals surface area contributed by atoms with Gasteiger partial charge < -0.3 is 24.8 Å². The summed E-state index contributed by atoms with van der Waals surface area (Å²) < 4.78 is 9.47. The van der Waals surface area contributed by atoms with Gasteiger partial charge in [0.1, 0.15) is 26.2 Å². The molecule has 6 heteroatoms. The summed E-state index contributed by atoms with van der Waals surface area (Å²) in [6, 6.07) is 52.8. The number of halogens is 2. The van der Waals surface area contributed by atoms with Crippen molar-refractivity contribution in [2.45, 2.75) is 40.0 Å². The lowest BCUT2D eigenvalue weighted by Gasteiger charge is -2.06. The van der Waals surface area contributed by atoms with E-state index < -0.39 is 0 Å². The average Bonchev–Trinajstić information content (AvgIpc) is 3.64. The van der Waals surface area contributed by atoms with Crippen LogP contribution in [0.5, 0.6) is 0 Å². The van der Waals surface area contributed by atoms with Crippen molar-refractivity contribution in [2.75, 3.05) is 0 Å². The summed E-state index contributed by atoms with van der Waals surface area (Å²) in [7, 11) is 0. The van der Waals surface area contributed by atoms with E-state index >= 15 is 0 Å². The molecule has 0 radical (unpaired) electrons. The van der Waals surface area contributed by atoms with E-state index in [2.05, 4.69) is 190 Å². The molecule has 6 aromatic carbocycles. The molecule has 8 rings (SSSR count). The van der Waals surface area contributed by atoms with Crippen LogP contribution in [-0.2, 0) is 26.2 Å². The summed E-state index contributed by atoms with van der Waals surface area (Å²) in [6.07, 6.45) is 4.53. The van der Waals surface area contributed by atoms with Crippen molar-refractivity contribution >= 4 is 22.1 Å². The fraction of sp³-hybridized carbons (Fsp3) is 0.136. The topological polar surface area (TPSA) is 17.6 Å². The fourth-order valence-corrected chi connectivity index (χ4v) is 6.93. The first-order valence-electron chi connectivity index (χ1n) is 16.8. The molecule has 0 unspecified atom stereocenters. The van der Waals surface area contributed by atoms with Crippen LogP contribution in [0.25, 0.3) is 33.2 Å². The molecule has 0 aliphatic heterocycles. The van der Waals surface area contributed by atoms with Gasteiger partial charge in [-0.15, -0.1) is 0 Å². The quantitative estimate of drug-likeness (QED) is 0.207. The predicted octanol–water partition coefficient (Wildman–Crippen LogP) is 2.66. The third-order valence-electron chi connectivity index (χ3n) is 9.71. The highest BCUT2D eigenvalue weighted by Gasteiger charge is 2.18. The lowest BCUT2D eigenvalue weighted by Crippen LogP contribution is -3.00. The van der Waals surface area contributed by atoms with Crippen molar-refractivity contribution in [1.82, 2.24) is 9.13 Å². The van der Waals surface area contributed by atoms with Crippen LogP contribution in [0.4, 0.5) is 0 Å². The summed E-state index contributed by atoms with van der Waals surface area (Å²) >= 11 is 0. The number of hydrogen-bond donors (Lipinski definition) is 0. The first-order valence-corrected chi connectivity index (χ1v) is 16.8. The Kier molecular flexibility index (Phi) is 10.5. The van der Waals surface area contributed by atoms with Gasteiger partial charge in [-0.05, 0) is 82.6 Å². The Morgan fingerprint density at radius 3 is 1.18 bits per heavy atom. The van der Waals surface area contributed by atoms with Gasteiger partial charge in [0.2, 0.25) is 12.7 Å². The molecule has 0 saturated carbocycles. The minimum Gasteiger partial charge on any atom is -1.00 e. The van der Waals surface area contributed by atoms with Gasteiger partial charge in [0.25, 0.3) is 0 Å². The summed E-state index contributed by atoms with van der Waals surface area (Å²) in [4.78, 5) is 0. The highest BCUT2D eigenvalue weighted by molar-refractivity contribution is 5.72. The van der Waals surface area contributed by atoms with Crippen molar-refractivity contribution in [1.29, 1.82) is 0 Å². The predicted molar refractivity (Wildman–Crippen MR) is 195 cm³/mol. The molecular weight excluding hydrogens is 655 g/mol. The first kappa shape index (κ1) is 34.7. The number of aromatic nitrogens is 4. The molecule has 0 saturated heterocycles. The maximum Gasteiger partial charge on any atom is 0.245 e. The van der Waals surface area contributed by atoms with Gasteiger partial charge >= 0.3 is 0 Å².